The first-order valence-electron chi connectivity index (χ1n) is 13.5. The van der Waals surface area contributed by atoms with E-state index in [1.807, 2.05) is 30.3 Å². The SMILES string of the molecule is COc1cc(/C=N\NC(=O)c2c(CN3CCCC3)nnn2-c2nonc2N)ccc1OCc1cccc2ccccc12. The number of hydrogen-bond donors (Lipinski definition) is 2. The summed E-state index contributed by atoms with van der Waals surface area (Å²) in [6, 6.07) is 19.7. The highest BCUT2D eigenvalue weighted by molar-refractivity contribution is 5.95. The maximum atomic E-state index is 13.3. The molecule has 0 aliphatic carbocycles. The number of amides is 1. The molecule has 2 aromatic heterocycles. The second-order valence-electron chi connectivity index (χ2n) is 9.79. The number of nitrogens with two attached hydrogens (primary N) is 1. The summed E-state index contributed by atoms with van der Waals surface area (Å²) in [4.78, 5) is 15.5. The first-order valence-corrected chi connectivity index (χ1v) is 13.5. The number of anilines is 1. The standard InChI is InChI=1S/C29H29N9O4/c1-40-25-15-19(11-12-24(25)41-18-21-9-6-8-20-7-2-3-10-22(20)21)16-31-33-29(39)26-23(17-37-13-4-5-14-37)32-36-38(26)28-27(30)34-42-35-28/h2-3,6-12,15-16H,4-5,13-14,17-18H2,1H3,(H2,30,34)(H,33,39)/b31-16-. The van der Waals surface area contributed by atoms with Crippen molar-refractivity contribution in [1.82, 2.24) is 35.6 Å². The summed E-state index contributed by atoms with van der Waals surface area (Å²) in [6.07, 6.45) is 3.70. The number of hydrazone groups is 1. The van der Waals surface area contributed by atoms with Crippen molar-refractivity contribution < 1.29 is 18.9 Å². The van der Waals surface area contributed by atoms with Gasteiger partial charge < -0.3 is 15.2 Å². The summed E-state index contributed by atoms with van der Waals surface area (Å²) >= 11 is 0. The Balaban J connectivity index is 1.16. The van der Waals surface area contributed by atoms with Crippen molar-refractivity contribution in [2.75, 3.05) is 25.9 Å². The van der Waals surface area contributed by atoms with Gasteiger partial charge >= 0.3 is 0 Å². The molecule has 13 nitrogen and oxygen atoms in total. The molecule has 0 bridgehead atoms. The number of rotatable bonds is 10. The second-order valence-corrected chi connectivity index (χ2v) is 9.79. The van der Waals surface area contributed by atoms with E-state index < -0.39 is 5.91 Å². The van der Waals surface area contributed by atoms with Gasteiger partial charge in [0.1, 0.15) is 12.3 Å². The van der Waals surface area contributed by atoms with E-state index in [-0.39, 0.29) is 17.3 Å². The van der Waals surface area contributed by atoms with Gasteiger partial charge in [-0.1, -0.05) is 47.7 Å². The van der Waals surface area contributed by atoms with Crippen LogP contribution in [0.2, 0.25) is 0 Å². The lowest BCUT2D eigenvalue weighted by Crippen LogP contribution is -2.26. The van der Waals surface area contributed by atoms with Crippen molar-refractivity contribution >= 4 is 28.7 Å². The first-order chi connectivity index (χ1) is 20.6. The fourth-order valence-corrected chi connectivity index (χ4v) is 4.96. The third-order valence-electron chi connectivity index (χ3n) is 7.05. The Bertz CT molecular complexity index is 1740. The number of carbonyl (C=O) groups is 1. The summed E-state index contributed by atoms with van der Waals surface area (Å²) in [6.45, 7) is 2.68. The smallest absolute Gasteiger partial charge is 0.292 e. The van der Waals surface area contributed by atoms with E-state index in [1.54, 1.807) is 19.2 Å². The molecule has 1 aliphatic rings. The van der Waals surface area contributed by atoms with Crippen LogP contribution in [0.25, 0.3) is 16.6 Å². The number of benzene rings is 3. The lowest BCUT2D eigenvalue weighted by molar-refractivity contribution is 0.0945. The van der Waals surface area contributed by atoms with Crippen molar-refractivity contribution in [1.29, 1.82) is 0 Å². The molecule has 0 saturated carbocycles. The van der Waals surface area contributed by atoms with Crippen molar-refractivity contribution in [3.63, 3.8) is 0 Å². The molecule has 1 aliphatic heterocycles. The summed E-state index contributed by atoms with van der Waals surface area (Å²) in [5.41, 5.74) is 10.8. The van der Waals surface area contributed by atoms with Crippen molar-refractivity contribution in [2.24, 2.45) is 5.10 Å². The molecule has 3 N–H and O–H groups in total. The van der Waals surface area contributed by atoms with Crippen molar-refractivity contribution in [2.45, 2.75) is 26.0 Å². The third-order valence-corrected chi connectivity index (χ3v) is 7.05. The molecular weight excluding hydrogens is 538 g/mol. The van der Waals surface area contributed by atoms with Crippen LogP contribution in [0.3, 0.4) is 0 Å². The van der Waals surface area contributed by atoms with Gasteiger partial charge in [0.25, 0.3) is 5.91 Å². The number of hydrogen-bond acceptors (Lipinski definition) is 11. The van der Waals surface area contributed by atoms with Crippen LogP contribution in [0.4, 0.5) is 5.82 Å². The average molecular weight is 568 g/mol. The number of aromatic nitrogens is 5. The van der Waals surface area contributed by atoms with Crippen molar-refractivity contribution in [3.8, 4) is 17.3 Å². The van der Waals surface area contributed by atoms with E-state index in [0.29, 0.717) is 35.9 Å². The molecule has 0 radical (unpaired) electrons. The number of fused-ring (bicyclic) bond motifs is 1. The normalized spacial score (nSPS) is 13.6. The van der Waals surface area contributed by atoms with Gasteiger partial charge in [-0.15, -0.1) is 5.10 Å². The number of carbonyl (C=O) groups excluding carboxylic acids is 1. The lowest BCUT2D eigenvalue weighted by Gasteiger charge is -2.13. The van der Waals surface area contributed by atoms with Gasteiger partial charge in [-0.3, -0.25) is 9.69 Å². The van der Waals surface area contributed by atoms with E-state index in [9.17, 15) is 4.79 Å². The Kier molecular flexibility index (Phi) is 7.72. The largest absolute Gasteiger partial charge is 0.493 e. The quantitative estimate of drug-likeness (QED) is 0.189. The molecular formula is C29H29N9O4. The molecule has 3 aromatic carbocycles. The fourth-order valence-electron chi connectivity index (χ4n) is 4.96. The van der Waals surface area contributed by atoms with Crippen molar-refractivity contribution in [3.05, 3.63) is 83.2 Å². The number of ether oxygens (including phenoxy) is 2. The minimum atomic E-state index is -0.533. The number of likely N-dealkylation sites (tertiary alicyclic amines) is 1. The molecule has 1 fully saturated rings. The molecule has 0 unspecified atom stereocenters. The fraction of sp³-hybridized carbons (Fsp3) is 0.241. The van der Waals surface area contributed by atoms with Gasteiger partial charge in [0.05, 0.1) is 13.3 Å². The summed E-state index contributed by atoms with van der Waals surface area (Å²) in [5, 5.41) is 22.1. The second kappa shape index (κ2) is 12.1. The monoisotopic (exact) mass is 567 g/mol. The Morgan fingerprint density at radius 3 is 2.74 bits per heavy atom. The molecule has 0 atom stereocenters. The number of nitrogens with zero attached hydrogens (tertiary/aromatic N) is 7. The summed E-state index contributed by atoms with van der Waals surface area (Å²) < 4.78 is 17.6. The van der Waals surface area contributed by atoms with Crippen LogP contribution in [0.15, 0.2) is 70.4 Å². The number of nitrogens with one attached hydrogen (secondary N) is 1. The molecule has 6 rings (SSSR count). The van der Waals surface area contributed by atoms with E-state index in [2.05, 4.69) is 54.3 Å². The first kappa shape index (κ1) is 26.9. The Morgan fingerprint density at radius 2 is 1.93 bits per heavy atom. The predicted molar refractivity (Wildman–Crippen MR) is 154 cm³/mol. The molecule has 5 aromatic rings. The van der Waals surface area contributed by atoms with Crippen LogP contribution in [-0.4, -0.2) is 62.5 Å². The van der Waals surface area contributed by atoms with Crippen LogP contribution in [0, 0.1) is 0 Å². The minimum absolute atomic E-state index is 0.0139. The Hall–Kier alpha value is -5.30. The highest BCUT2D eigenvalue weighted by atomic mass is 16.6. The molecule has 13 heteroatoms. The summed E-state index contributed by atoms with van der Waals surface area (Å²) in [7, 11) is 1.57. The third kappa shape index (κ3) is 5.63. The zero-order valence-corrected chi connectivity index (χ0v) is 22.9. The van der Waals surface area contributed by atoms with Gasteiger partial charge in [0.2, 0.25) is 11.6 Å². The van der Waals surface area contributed by atoms with Gasteiger partial charge in [-0.2, -0.15) is 9.78 Å². The molecule has 42 heavy (non-hydrogen) atoms. The molecule has 0 spiro atoms. The zero-order valence-electron chi connectivity index (χ0n) is 22.9. The summed E-state index contributed by atoms with van der Waals surface area (Å²) in [5.74, 6) is 0.657. The predicted octanol–water partition coefficient (Wildman–Crippen LogP) is 3.33. The van der Waals surface area contributed by atoms with Gasteiger partial charge in [-0.25, -0.2) is 10.1 Å². The van der Waals surface area contributed by atoms with Gasteiger partial charge in [0, 0.05) is 6.54 Å². The minimum Gasteiger partial charge on any atom is -0.493 e. The molecule has 3 heterocycles. The topological polar surface area (TPSA) is 159 Å². The van der Waals surface area contributed by atoms with E-state index in [0.717, 1.165) is 42.3 Å². The van der Waals surface area contributed by atoms with Crippen LogP contribution in [0.1, 0.15) is 40.2 Å². The van der Waals surface area contributed by atoms with Gasteiger partial charge in [-0.05, 0) is 76.3 Å². The van der Waals surface area contributed by atoms with Crippen LogP contribution in [0.5, 0.6) is 11.5 Å². The average Bonchev–Trinajstić information content (AvgIpc) is 3.78. The highest BCUT2D eigenvalue weighted by Gasteiger charge is 2.27. The van der Waals surface area contributed by atoms with E-state index in [1.165, 1.54) is 10.9 Å². The van der Waals surface area contributed by atoms with Crippen LogP contribution in [-0.2, 0) is 13.2 Å². The molecule has 1 amide bonds. The molecule has 214 valence electrons. The van der Waals surface area contributed by atoms with E-state index in [4.69, 9.17) is 19.8 Å². The number of nitrogen functional groups attached to an aromatic ring is 1. The Morgan fingerprint density at radius 1 is 1.10 bits per heavy atom. The van der Waals surface area contributed by atoms with E-state index >= 15 is 0 Å². The lowest BCUT2D eigenvalue weighted by atomic mass is 10.1. The van der Waals surface area contributed by atoms with Gasteiger partial charge in [0.15, 0.2) is 17.2 Å². The number of methoxy groups -OCH3 is 1. The maximum absolute atomic E-state index is 13.3. The highest BCUT2D eigenvalue weighted by Crippen LogP contribution is 2.29. The maximum Gasteiger partial charge on any atom is 0.292 e. The molecule has 1 saturated heterocycles. The zero-order chi connectivity index (χ0) is 28.9. The Labute approximate surface area is 240 Å². The van der Waals surface area contributed by atoms with Crippen LogP contribution < -0.4 is 20.6 Å². The van der Waals surface area contributed by atoms with Crippen LogP contribution >= 0.6 is 0 Å².